The topological polar surface area (TPSA) is 58.1 Å². The van der Waals surface area contributed by atoms with Gasteiger partial charge in [0.2, 0.25) is 5.91 Å². The molecule has 0 bridgehead atoms. The molecule has 0 unspecified atom stereocenters. The van der Waals surface area contributed by atoms with Crippen molar-refractivity contribution in [2.45, 2.75) is 51.0 Å². The third-order valence-corrected chi connectivity index (χ3v) is 6.02. The Hall–Kier alpha value is -1.95. The largest absolute Gasteiger partial charge is 0.367 e. The molecule has 1 aliphatic carbocycles. The number of thiophene rings is 1. The summed E-state index contributed by atoms with van der Waals surface area (Å²) in [6.45, 7) is 1.53. The van der Waals surface area contributed by atoms with Crippen molar-refractivity contribution in [3.63, 3.8) is 0 Å². The van der Waals surface area contributed by atoms with Crippen LogP contribution in [0.4, 0.5) is 5.82 Å². The first kappa shape index (κ1) is 16.5. The number of aryl methyl sites for hydroxylation is 1. The van der Waals surface area contributed by atoms with E-state index in [0.717, 1.165) is 43.9 Å². The second-order valence-corrected chi connectivity index (χ2v) is 7.71. The molecule has 0 aromatic carbocycles. The summed E-state index contributed by atoms with van der Waals surface area (Å²) in [4.78, 5) is 23.5. The number of hydrogen-bond donors (Lipinski definition) is 1. The minimum atomic E-state index is 0.250. The summed E-state index contributed by atoms with van der Waals surface area (Å²) in [5, 5.41) is 7.76. The summed E-state index contributed by atoms with van der Waals surface area (Å²) in [7, 11) is 0. The van der Waals surface area contributed by atoms with Gasteiger partial charge in [-0.2, -0.15) is 11.3 Å². The van der Waals surface area contributed by atoms with Crippen molar-refractivity contribution in [3.05, 3.63) is 40.0 Å². The van der Waals surface area contributed by atoms with E-state index in [0.29, 0.717) is 12.5 Å². The zero-order valence-corrected chi connectivity index (χ0v) is 15.2. The van der Waals surface area contributed by atoms with E-state index in [4.69, 9.17) is 0 Å². The Bertz CT molecular complexity index is 727. The molecule has 2 aromatic rings. The summed E-state index contributed by atoms with van der Waals surface area (Å²) in [5.41, 5.74) is 3.57. The van der Waals surface area contributed by atoms with E-state index in [2.05, 4.69) is 32.1 Å². The van der Waals surface area contributed by atoms with Crippen LogP contribution in [0, 0.1) is 0 Å². The van der Waals surface area contributed by atoms with Crippen molar-refractivity contribution < 1.29 is 4.79 Å². The fraction of sp³-hybridized carbons (Fsp3) is 0.526. The van der Waals surface area contributed by atoms with Crippen LogP contribution in [0.3, 0.4) is 0 Å². The van der Waals surface area contributed by atoms with Gasteiger partial charge in [-0.25, -0.2) is 9.97 Å². The molecule has 5 nitrogen and oxygen atoms in total. The molecule has 2 aromatic heterocycles. The maximum Gasteiger partial charge on any atom is 0.222 e. The lowest BCUT2D eigenvalue weighted by Gasteiger charge is -2.28. The van der Waals surface area contributed by atoms with Crippen LogP contribution in [0.2, 0.25) is 0 Å². The van der Waals surface area contributed by atoms with Crippen LogP contribution in [0.25, 0.3) is 0 Å². The van der Waals surface area contributed by atoms with E-state index in [1.165, 1.54) is 30.4 Å². The molecule has 132 valence electrons. The van der Waals surface area contributed by atoms with Gasteiger partial charge in [0.1, 0.15) is 12.1 Å². The molecule has 1 N–H and O–H groups in total. The van der Waals surface area contributed by atoms with E-state index >= 15 is 0 Å². The minimum absolute atomic E-state index is 0.250. The molecule has 0 atom stereocenters. The van der Waals surface area contributed by atoms with Crippen LogP contribution in [0.1, 0.15) is 42.5 Å². The molecule has 0 saturated heterocycles. The van der Waals surface area contributed by atoms with Crippen molar-refractivity contribution in [2.24, 2.45) is 0 Å². The third kappa shape index (κ3) is 3.84. The number of carbonyl (C=O) groups is 1. The molecule has 1 amide bonds. The minimum Gasteiger partial charge on any atom is -0.367 e. The first-order valence-electron chi connectivity index (χ1n) is 9.18. The number of aromatic nitrogens is 2. The first-order chi connectivity index (χ1) is 12.3. The summed E-state index contributed by atoms with van der Waals surface area (Å²) < 4.78 is 0. The van der Waals surface area contributed by atoms with Gasteiger partial charge in [-0.3, -0.25) is 4.79 Å². The van der Waals surface area contributed by atoms with Gasteiger partial charge in [0.05, 0.1) is 5.69 Å². The zero-order valence-electron chi connectivity index (χ0n) is 14.4. The lowest BCUT2D eigenvalue weighted by molar-refractivity contribution is -0.131. The average molecular weight is 356 g/mol. The molecule has 25 heavy (non-hydrogen) atoms. The highest BCUT2D eigenvalue weighted by atomic mass is 32.1. The molecule has 0 spiro atoms. The SMILES string of the molecule is O=C(CCc1ccsc1)N1CCc2ncnc(NC3CCC3)c2CC1. The maximum absolute atomic E-state index is 12.6. The van der Waals surface area contributed by atoms with Crippen molar-refractivity contribution >= 4 is 23.1 Å². The number of rotatable bonds is 5. The average Bonchev–Trinajstić information content (AvgIpc) is 3.01. The second-order valence-electron chi connectivity index (χ2n) is 6.93. The van der Waals surface area contributed by atoms with Gasteiger partial charge in [-0.1, -0.05) is 0 Å². The van der Waals surface area contributed by atoms with E-state index < -0.39 is 0 Å². The Morgan fingerprint density at radius 2 is 2.16 bits per heavy atom. The lowest BCUT2D eigenvalue weighted by Crippen LogP contribution is -2.33. The highest BCUT2D eigenvalue weighted by Gasteiger charge is 2.24. The van der Waals surface area contributed by atoms with Gasteiger partial charge in [-0.15, -0.1) is 0 Å². The summed E-state index contributed by atoms with van der Waals surface area (Å²) in [6.07, 6.45) is 8.51. The van der Waals surface area contributed by atoms with E-state index in [1.54, 1.807) is 17.7 Å². The van der Waals surface area contributed by atoms with Crippen molar-refractivity contribution in [2.75, 3.05) is 18.4 Å². The molecule has 1 fully saturated rings. The molecular weight excluding hydrogens is 332 g/mol. The normalized spacial score (nSPS) is 17.5. The second kappa shape index (κ2) is 7.52. The predicted molar refractivity (Wildman–Crippen MR) is 99.9 cm³/mol. The van der Waals surface area contributed by atoms with Crippen LogP contribution in [-0.2, 0) is 24.1 Å². The Morgan fingerprint density at radius 1 is 1.28 bits per heavy atom. The van der Waals surface area contributed by atoms with Gasteiger partial charge < -0.3 is 10.2 Å². The fourth-order valence-electron chi connectivity index (χ4n) is 3.49. The molecule has 0 radical (unpaired) electrons. The van der Waals surface area contributed by atoms with Gasteiger partial charge >= 0.3 is 0 Å². The summed E-state index contributed by atoms with van der Waals surface area (Å²) in [5.74, 6) is 1.24. The van der Waals surface area contributed by atoms with E-state index in [-0.39, 0.29) is 5.91 Å². The van der Waals surface area contributed by atoms with Crippen LogP contribution in [0.15, 0.2) is 23.2 Å². The highest BCUT2D eigenvalue weighted by Crippen LogP contribution is 2.26. The van der Waals surface area contributed by atoms with Gasteiger partial charge in [0, 0.05) is 37.5 Å². The number of fused-ring (bicyclic) bond motifs is 1. The Morgan fingerprint density at radius 3 is 2.92 bits per heavy atom. The maximum atomic E-state index is 12.6. The molecule has 6 heteroatoms. The Balaban J connectivity index is 1.39. The quantitative estimate of drug-likeness (QED) is 0.894. The van der Waals surface area contributed by atoms with Gasteiger partial charge in [0.15, 0.2) is 0 Å². The van der Waals surface area contributed by atoms with Crippen LogP contribution >= 0.6 is 11.3 Å². The monoisotopic (exact) mass is 356 g/mol. The molecule has 2 aliphatic rings. The first-order valence-corrected chi connectivity index (χ1v) is 10.1. The number of anilines is 1. The van der Waals surface area contributed by atoms with Crippen LogP contribution < -0.4 is 5.32 Å². The third-order valence-electron chi connectivity index (χ3n) is 5.29. The zero-order chi connectivity index (χ0) is 17.1. The summed E-state index contributed by atoms with van der Waals surface area (Å²) >= 11 is 1.69. The smallest absolute Gasteiger partial charge is 0.222 e. The Labute approximate surface area is 152 Å². The van der Waals surface area contributed by atoms with Crippen molar-refractivity contribution in [1.82, 2.24) is 14.9 Å². The Kier molecular flexibility index (Phi) is 4.97. The molecule has 1 aliphatic heterocycles. The van der Waals surface area contributed by atoms with Crippen LogP contribution in [0.5, 0.6) is 0 Å². The van der Waals surface area contributed by atoms with Crippen molar-refractivity contribution in [1.29, 1.82) is 0 Å². The van der Waals surface area contributed by atoms with Gasteiger partial charge in [-0.05, 0) is 54.5 Å². The highest BCUT2D eigenvalue weighted by molar-refractivity contribution is 7.07. The molecular formula is C19H24N4OS. The van der Waals surface area contributed by atoms with Crippen molar-refractivity contribution in [3.8, 4) is 0 Å². The van der Waals surface area contributed by atoms with E-state index in [1.807, 2.05) is 4.90 Å². The molecule has 1 saturated carbocycles. The van der Waals surface area contributed by atoms with Gasteiger partial charge in [0.25, 0.3) is 0 Å². The molecule has 4 rings (SSSR count). The number of hydrogen-bond acceptors (Lipinski definition) is 5. The number of amides is 1. The number of nitrogens with zero attached hydrogens (tertiary/aromatic N) is 3. The summed E-state index contributed by atoms with van der Waals surface area (Å²) in [6, 6.07) is 2.66. The number of carbonyl (C=O) groups excluding carboxylic acids is 1. The molecule has 3 heterocycles. The van der Waals surface area contributed by atoms with E-state index in [9.17, 15) is 4.79 Å². The fourth-order valence-corrected chi connectivity index (χ4v) is 4.19. The predicted octanol–water partition coefficient (Wildman–Crippen LogP) is 3.06. The number of nitrogens with one attached hydrogen (secondary N) is 1. The standard InChI is InChI=1S/C19H24N4OS/c24-18(5-4-14-8-11-25-12-14)23-9-6-16-17(7-10-23)20-13-21-19(16)22-15-2-1-3-15/h8,11-13,15H,1-7,9-10H2,(H,20,21,22). The van der Waals surface area contributed by atoms with Crippen LogP contribution in [-0.4, -0.2) is 39.9 Å². The lowest BCUT2D eigenvalue weighted by atomic mass is 9.93.